The van der Waals surface area contributed by atoms with Gasteiger partial charge < -0.3 is 15.3 Å². The van der Waals surface area contributed by atoms with Gasteiger partial charge in [0.15, 0.2) is 0 Å². The summed E-state index contributed by atoms with van der Waals surface area (Å²) in [5.41, 5.74) is 0. The molecular formula is C15H26N2O3. The molecule has 114 valence electrons. The maximum Gasteiger partial charge on any atom is 0.317 e. The zero-order chi connectivity index (χ0) is 14.5. The predicted molar refractivity (Wildman–Crippen MR) is 76.5 cm³/mol. The van der Waals surface area contributed by atoms with Gasteiger partial charge in [0.2, 0.25) is 0 Å². The van der Waals surface area contributed by atoms with E-state index < -0.39 is 5.97 Å². The topological polar surface area (TPSA) is 69.6 Å². The minimum absolute atomic E-state index is 0.0296. The third-order valence-electron chi connectivity index (χ3n) is 4.89. The van der Waals surface area contributed by atoms with E-state index in [1.54, 1.807) is 0 Å². The minimum Gasteiger partial charge on any atom is -0.481 e. The number of hydrogen-bond donors (Lipinski definition) is 2. The van der Waals surface area contributed by atoms with Crippen LogP contribution in [0.25, 0.3) is 0 Å². The van der Waals surface area contributed by atoms with Crippen molar-refractivity contribution >= 4 is 12.0 Å². The summed E-state index contributed by atoms with van der Waals surface area (Å²) in [6.45, 7) is 4.52. The molecule has 5 nitrogen and oxygen atoms in total. The Kier molecular flexibility index (Phi) is 5.26. The summed E-state index contributed by atoms with van der Waals surface area (Å²) in [4.78, 5) is 24.5. The Bertz CT molecular complexity index is 359. The summed E-state index contributed by atoms with van der Waals surface area (Å²) in [6, 6.07) is 0.0296. The fourth-order valence-electron chi connectivity index (χ4n) is 3.44. The number of urea groups is 1. The molecule has 20 heavy (non-hydrogen) atoms. The monoisotopic (exact) mass is 282 g/mol. The van der Waals surface area contributed by atoms with E-state index >= 15 is 0 Å². The molecule has 2 fully saturated rings. The molecule has 1 saturated heterocycles. The van der Waals surface area contributed by atoms with E-state index in [0.29, 0.717) is 24.8 Å². The number of amides is 2. The molecule has 0 spiro atoms. The number of aliphatic carboxylic acids is 1. The Balaban J connectivity index is 1.67. The lowest BCUT2D eigenvalue weighted by Crippen LogP contribution is -2.41. The smallest absolute Gasteiger partial charge is 0.317 e. The van der Waals surface area contributed by atoms with E-state index in [-0.39, 0.29) is 12.5 Å². The van der Waals surface area contributed by atoms with E-state index in [1.165, 1.54) is 19.3 Å². The van der Waals surface area contributed by atoms with Gasteiger partial charge in [-0.3, -0.25) is 4.79 Å². The van der Waals surface area contributed by atoms with Crippen LogP contribution in [0.3, 0.4) is 0 Å². The number of rotatable bonds is 5. The second kappa shape index (κ2) is 6.95. The van der Waals surface area contributed by atoms with Gasteiger partial charge in [0.05, 0.1) is 0 Å². The van der Waals surface area contributed by atoms with Crippen molar-refractivity contribution in [2.75, 3.05) is 19.6 Å². The number of carboxylic acids is 1. The van der Waals surface area contributed by atoms with Crippen LogP contribution >= 0.6 is 0 Å². The van der Waals surface area contributed by atoms with Gasteiger partial charge >= 0.3 is 12.0 Å². The summed E-state index contributed by atoms with van der Waals surface area (Å²) in [7, 11) is 0. The van der Waals surface area contributed by atoms with Gasteiger partial charge in [-0.15, -0.1) is 0 Å². The molecule has 1 aliphatic carbocycles. The fraction of sp³-hybridized carbons (Fsp3) is 0.867. The third kappa shape index (κ3) is 4.12. The van der Waals surface area contributed by atoms with Crippen molar-refractivity contribution in [2.45, 2.75) is 45.4 Å². The van der Waals surface area contributed by atoms with Crippen molar-refractivity contribution in [3.05, 3.63) is 0 Å². The Morgan fingerprint density at radius 1 is 1.30 bits per heavy atom. The molecule has 3 unspecified atom stereocenters. The van der Waals surface area contributed by atoms with Crippen molar-refractivity contribution < 1.29 is 14.7 Å². The first kappa shape index (κ1) is 15.1. The number of carbonyl (C=O) groups excluding carboxylic acids is 1. The molecule has 1 saturated carbocycles. The van der Waals surface area contributed by atoms with Crippen LogP contribution in [-0.2, 0) is 4.79 Å². The standard InChI is InChI=1S/C15H26N2O3/c1-11-3-2-4-13(11)9-16-15(20)17-8-7-12(10-17)5-6-14(18)19/h11-13H,2-10H2,1H3,(H,16,20)(H,18,19). The molecule has 2 amide bonds. The van der Waals surface area contributed by atoms with Gasteiger partial charge in [-0.2, -0.15) is 0 Å². The number of nitrogens with one attached hydrogen (secondary N) is 1. The lowest BCUT2D eigenvalue weighted by atomic mass is 9.98. The number of hydrogen-bond acceptors (Lipinski definition) is 2. The summed E-state index contributed by atoms with van der Waals surface area (Å²) < 4.78 is 0. The van der Waals surface area contributed by atoms with E-state index in [1.807, 2.05) is 4.90 Å². The number of carbonyl (C=O) groups is 2. The van der Waals surface area contributed by atoms with Crippen LogP contribution < -0.4 is 5.32 Å². The highest BCUT2D eigenvalue weighted by atomic mass is 16.4. The van der Waals surface area contributed by atoms with Crippen LogP contribution in [-0.4, -0.2) is 41.6 Å². The molecule has 5 heteroatoms. The van der Waals surface area contributed by atoms with Crippen LogP contribution in [0.15, 0.2) is 0 Å². The van der Waals surface area contributed by atoms with E-state index in [9.17, 15) is 9.59 Å². The fourth-order valence-corrected chi connectivity index (χ4v) is 3.44. The van der Waals surface area contributed by atoms with Crippen molar-refractivity contribution in [3.8, 4) is 0 Å². The van der Waals surface area contributed by atoms with Crippen LogP contribution in [0.5, 0.6) is 0 Å². The van der Waals surface area contributed by atoms with E-state index in [4.69, 9.17) is 5.11 Å². The molecule has 2 N–H and O–H groups in total. The van der Waals surface area contributed by atoms with Crippen LogP contribution in [0.4, 0.5) is 4.79 Å². The number of likely N-dealkylation sites (tertiary alicyclic amines) is 1. The molecule has 0 bridgehead atoms. The predicted octanol–water partition coefficient (Wildman–Crippen LogP) is 2.32. The Morgan fingerprint density at radius 2 is 2.10 bits per heavy atom. The van der Waals surface area contributed by atoms with Crippen molar-refractivity contribution in [1.82, 2.24) is 10.2 Å². The average molecular weight is 282 g/mol. The molecule has 1 heterocycles. The lowest BCUT2D eigenvalue weighted by Gasteiger charge is -2.21. The zero-order valence-corrected chi connectivity index (χ0v) is 12.3. The summed E-state index contributed by atoms with van der Waals surface area (Å²) in [6.07, 6.45) is 5.60. The average Bonchev–Trinajstić information content (AvgIpc) is 3.02. The van der Waals surface area contributed by atoms with Gasteiger partial charge in [0, 0.05) is 26.1 Å². The quantitative estimate of drug-likeness (QED) is 0.813. The normalized spacial score (nSPS) is 29.6. The maximum absolute atomic E-state index is 12.1. The molecule has 2 aliphatic rings. The maximum atomic E-state index is 12.1. The minimum atomic E-state index is -0.747. The van der Waals surface area contributed by atoms with Crippen molar-refractivity contribution in [1.29, 1.82) is 0 Å². The first-order valence-electron chi connectivity index (χ1n) is 7.81. The Labute approximate surface area is 120 Å². The van der Waals surface area contributed by atoms with Crippen molar-refractivity contribution in [2.24, 2.45) is 17.8 Å². The largest absolute Gasteiger partial charge is 0.481 e. The van der Waals surface area contributed by atoms with E-state index in [0.717, 1.165) is 25.4 Å². The zero-order valence-electron chi connectivity index (χ0n) is 12.3. The number of carboxylic acid groups (broad SMARTS) is 1. The highest BCUT2D eigenvalue weighted by Crippen LogP contribution is 2.30. The Morgan fingerprint density at radius 3 is 2.75 bits per heavy atom. The molecular weight excluding hydrogens is 256 g/mol. The second-order valence-electron chi connectivity index (χ2n) is 6.39. The van der Waals surface area contributed by atoms with Crippen molar-refractivity contribution in [3.63, 3.8) is 0 Å². The molecule has 0 aromatic carbocycles. The molecule has 2 rings (SSSR count). The van der Waals surface area contributed by atoms with Gasteiger partial charge in [0.1, 0.15) is 0 Å². The molecule has 1 aliphatic heterocycles. The van der Waals surface area contributed by atoms with E-state index in [2.05, 4.69) is 12.2 Å². The summed E-state index contributed by atoms with van der Waals surface area (Å²) >= 11 is 0. The highest BCUT2D eigenvalue weighted by Gasteiger charge is 2.28. The molecule has 0 aromatic heterocycles. The highest BCUT2D eigenvalue weighted by molar-refractivity contribution is 5.74. The van der Waals surface area contributed by atoms with Gasteiger partial charge in [-0.25, -0.2) is 4.79 Å². The second-order valence-corrected chi connectivity index (χ2v) is 6.39. The van der Waals surface area contributed by atoms with Gasteiger partial charge in [0.25, 0.3) is 0 Å². The first-order chi connectivity index (χ1) is 9.56. The van der Waals surface area contributed by atoms with Gasteiger partial charge in [-0.05, 0) is 37.0 Å². The van der Waals surface area contributed by atoms with Gasteiger partial charge in [-0.1, -0.05) is 19.8 Å². The first-order valence-corrected chi connectivity index (χ1v) is 7.81. The molecule has 0 aromatic rings. The van der Waals surface area contributed by atoms with Crippen LogP contribution in [0, 0.1) is 17.8 Å². The Hall–Kier alpha value is -1.26. The van der Waals surface area contributed by atoms with Crippen LogP contribution in [0.1, 0.15) is 45.4 Å². The SMILES string of the molecule is CC1CCCC1CNC(=O)N1CCC(CCC(=O)O)C1. The molecule has 3 atom stereocenters. The summed E-state index contributed by atoms with van der Waals surface area (Å²) in [5, 5.41) is 11.7. The molecule has 0 radical (unpaired) electrons. The summed E-state index contributed by atoms with van der Waals surface area (Å²) in [5.74, 6) is 0.951. The third-order valence-corrected chi connectivity index (χ3v) is 4.89. The van der Waals surface area contributed by atoms with Crippen LogP contribution in [0.2, 0.25) is 0 Å². The lowest BCUT2D eigenvalue weighted by molar-refractivity contribution is -0.137. The number of nitrogens with zero attached hydrogens (tertiary/aromatic N) is 1.